The van der Waals surface area contributed by atoms with Gasteiger partial charge in [-0.05, 0) is 150 Å². The Kier molecular flexibility index (Phi) is 7.31. The number of rotatable bonds is 4. The van der Waals surface area contributed by atoms with E-state index >= 15 is 0 Å². The Bertz CT molecular complexity index is 1540. The second-order valence-corrected chi connectivity index (χ2v) is 18.9. The van der Waals surface area contributed by atoms with Crippen molar-refractivity contribution in [2.75, 3.05) is 0 Å². The van der Waals surface area contributed by atoms with Crippen LogP contribution in [0.25, 0.3) is 0 Å². The summed E-state index contributed by atoms with van der Waals surface area (Å²) in [5, 5.41) is 11.7. The first kappa shape index (κ1) is 33.2. The van der Waals surface area contributed by atoms with E-state index in [4.69, 9.17) is 4.74 Å². The van der Waals surface area contributed by atoms with Crippen molar-refractivity contribution >= 4 is 23.1 Å². The zero-order chi connectivity index (χ0) is 34.2. The number of carbonyl (C=O) groups is 4. The molecule has 6 fully saturated rings. The van der Waals surface area contributed by atoms with Gasteiger partial charge in [0.05, 0.1) is 6.10 Å². The molecule has 0 amide bonds. The van der Waals surface area contributed by atoms with Crippen LogP contribution in [0.2, 0.25) is 0 Å². The summed E-state index contributed by atoms with van der Waals surface area (Å²) in [6, 6.07) is 0. The van der Waals surface area contributed by atoms with Crippen LogP contribution in [0.4, 0.5) is 0 Å². The fraction of sp³-hybridized carbons (Fsp3) is 0.810. The molecule has 6 nitrogen and oxygen atoms in total. The van der Waals surface area contributed by atoms with E-state index in [1.807, 2.05) is 12.2 Å². The van der Waals surface area contributed by atoms with Gasteiger partial charge in [0.15, 0.2) is 23.1 Å². The monoisotopic (exact) mass is 658 g/mol. The van der Waals surface area contributed by atoms with Gasteiger partial charge in [0.25, 0.3) is 0 Å². The van der Waals surface area contributed by atoms with E-state index in [9.17, 15) is 24.3 Å². The van der Waals surface area contributed by atoms with E-state index in [1.165, 1.54) is 11.1 Å². The molecule has 8 aliphatic rings. The summed E-state index contributed by atoms with van der Waals surface area (Å²) in [6.07, 6.45) is 16.0. The minimum absolute atomic E-state index is 0.0742. The van der Waals surface area contributed by atoms with E-state index in [0.717, 1.165) is 70.6 Å². The molecule has 6 heteroatoms. The van der Waals surface area contributed by atoms with Gasteiger partial charge in [-0.2, -0.15) is 0 Å². The van der Waals surface area contributed by atoms with Crippen LogP contribution in [0.1, 0.15) is 138 Å². The van der Waals surface area contributed by atoms with Gasteiger partial charge >= 0.3 is 0 Å². The van der Waals surface area contributed by atoms with Crippen molar-refractivity contribution in [2.45, 2.75) is 155 Å². The predicted octanol–water partition coefficient (Wildman–Crippen LogP) is 7.69. The maximum Gasteiger partial charge on any atom is 0.162 e. The number of ether oxygens (including phenoxy) is 1. The molecular weight excluding hydrogens is 600 g/mol. The number of allylic oxidation sites excluding steroid dienone is 1. The lowest BCUT2D eigenvalue weighted by Crippen LogP contribution is -2.63. The average Bonchev–Trinajstić information content (AvgIpc) is 3.49. The molecular formula is C42H58O6. The Hall–Kier alpha value is -1.92. The lowest BCUT2D eigenvalue weighted by atomic mass is 9.45. The number of ketones is 4. The molecule has 0 spiro atoms. The molecule has 262 valence electrons. The lowest BCUT2D eigenvalue weighted by Gasteiger charge is -2.62. The Labute approximate surface area is 287 Å². The van der Waals surface area contributed by atoms with Crippen molar-refractivity contribution in [2.24, 2.45) is 57.2 Å². The van der Waals surface area contributed by atoms with E-state index in [0.29, 0.717) is 49.4 Å². The SMILES string of the molecule is CC(=O)[C@@]1(OC2CC(=O)C=C3CC[C@H]4[C@@H]5CC[C@](O)(C(C)=O)[C@@]5(C)CC[C@@H]4[C@]32C)CC[C@H]2[C@@H]3CCC4=CC(=O)CC[C@]4(C)[C@H]3CC[C@@]21C. The summed E-state index contributed by atoms with van der Waals surface area (Å²) in [4.78, 5) is 52.9. The molecule has 0 saturated heterocycles. The highest BCUT2D eigenvalue weighted by atomic mass is 16.5. The number of fused-ring (bicyclic) bond motifs is 10. The molecule has 8 aliphatic carbocycles. The normalized spacial score (nSPS) is 52.5. The second-order valence-electron chi connectivity index (χ2n) is 18.9. The Balaban J connectivity index is 1.13. The summed E-state index contributed by atoms with van der Waals surface area (Å²) in [7, 11) is 0. The van der Waals surface area contributed by atoms with Crippen molar-refractivity contribution in [1.82, 2.24) is 0 Å². The molecule has 0 bridgehead atoms. The van der Waals surface area contributed by atoms with Crippen LogP contribution in [0.5, 0.6) is 0 Å². The summed E-state index contributed by atoms with van der Waals surface area (Å²) in [5.41, 5.74) is -0.641. The molecule has 0 aromatic heterocycles. The first-order chi connectivity index (χ1) is 22.5. The standard InChI is InChI=1S/C42H58O6/c1-24(43)41(47)19-14-33-31-10-8-27-22-29(46)23-36(40(27,6)35(31)13-17-38(33,41)4)48-42(25(2)44)20-15-34-30-9-7-26-21-28(45)11-16-37(26,3)32(30)12-18-39(34,42)5/h21-22,30-36,47H,7-20,23H2,1-6H3/t30-,31+,32+,33+,34+,35+,36?,37+,38+,39+,40+,41+,42+/m1/s1. The van der Waals surface area contributed by atoms with Gasteiger partial charge in [0.2, 0.25) is 0 Å². The predicted molar refractivity (Wildman–Crippen MR) is 183 cm³/mol. The number of aliphatic hydroxyl groups is 1. The maximum atomic E-state index is 14.2. The van der Waals surface area contributed by atoms with Crippen molar-refractivity contribution in [3.8, 4) is 0 Å². The van der Waals surface area contributed by atoms with Crippen molar-refractivity contribution in [1.29, 1.82) is 0 Å². The first-order valence-corrected chi connectivity index (χ1v) is 19.5. The Morgan fingerprint density at radius 1 is 0.667 bits per heavy atom. The smallest absolute Gasteiger partial charge is 0.162 e. The topological polar surface area (TPSA) is 97.7 Å². The van der Waals surface area contributed by atoms with Crippen LogP contribution in [-0.2, 0) is 23.9 Å². The highest BCUT2D eigenvalue weighted by Crippen LogP contribution is 2.71. The fourth-order valence-electron chi connectivity index (χ4n) is 15.0. The van der Waals surface area contributed by atoms with Crippen molar-refractivity contribution in [3.05, 3.63) is 23.3 Å². The summed E-state index contributed by atoms with van der Waals surface area (Å²) < 4.78 is 7.54. The largest absolute Gasteiger partial charge is 0.382 e. The van der Waals surface area contributed by atoms with Gasteiger partial charge in [-0.1, -0.05) is 38.8 Å². The summed E-state index contributed by atoms with van der Waals surface area (Å²) in [5.74, 6) is 2.74. The fourth-order valence-corrected chi connectivity index (χ4v) is 15.0. The highest BCUT2D eigenvalue weighted by molar-refractivity contribution is 5.93. The molecule has 0 heterocycles. The molecule has 48 heavy (non-hydrogen) atoms. The maximum absolute atomic E-state index is 14.2. The molecule has 8 rings (SSSR count). The molecule has 1 unspecified atom stereocenters. The van der Waals surface area contributed by atoms with E-state index < -0.39 is 16.6 Å². The molecule has 1 N–H and O–H groups in total. The highest BCUT2D eigenvalue weighted by Gasteiger charge is 2.70. The third-order valence-corrected chi connectivity index (χ3v) is 17.8. The van der Waals surface area contributed by atoms with Crippen LogP contribution in [0, 0.1) is 57.2 Å². The number of carbonyl (C=O) groups excluding carboxylic acids is 4. The van der Waals surface area contributed by atoms with Crippen LogP contribution in [0.3, 0.4) is 0 Å². The molecule has 13 atom stereocenters. The second kappa shape index (κ2) is 10.6. The van der Waals surface area contributed by atoms with Crippen LogP contribution in [0.15, 0.2) is 23.3 Å². The zero-order valence-electron chi connectivity index (χ0n) is 30.3. The number of hydrogen-bond acceptors (Lipinski definition) is 6. The molecule has 0 aliphatic heterocycles. The quantitative estimate of drug-likeness (QED) is 0.333. The van der Waals surface area contributed by atoms with Crippen molar-refractivity contribution in [3.63, 3.8) is 0 Å². The number of hydrogen-bond donors (Lipinski definition) is 1. The summed E-state index contributed by atoms with van der Waals surface area (Å²) in [6.45, 7) is 12.6. The van der Waals surface area contributed by atoms with Gasteiger partial charge in [-0.15, -0.1) is 0 Å². The minimum atomic E-state index is -1.26. The van der Waals surface area contributed by atoms with Crippen molar-refractivity contribution < 1.29 is 29.0 Å². The van der Waals surface area contributed by atoms with Gasteiger partial charge < -0.3 is 9.84 Å². The van der Waals surface area contributed by atoms with E-state index in [-0.39, 0.29) is 57.3 Å². The summed E-state index contributed by atoms with van der Waals surface area (Å²) >= 11 is 0. The molecule has 6 saturated carbocycles. The van der Waals surface area contributed by atoms with Gasteiger partial charge in [-0.25, -0.2) is 0 Å². The lowest BCUT2D eigenvalue weighted by molar-refractivity contribution is -0.219. The first-order valence-electron chi connectivity index (χ1n) is 19.5. The minimum Gasteiger partial charge on any atom is -0.382 e. The van der Waals surface area contributed by atoms with Gasteiger partial charge in [0, 0.05) is 29.1 Å². The zero-order valence-corrected chi connectivity index (χ0v) is 30.3. The Morgan fingerprint density at radius 2 is 1.25 bits per heavy atom. The van der Waals surface area contributed by atoms with Crippen LogP contribution >= 0.6 is 0 Å². The molecule has 0 aromatic carbocycles. The number of Topliss-reactive ketones (excluding diaryl/α,β-unsaturated/α-hetero) is 2. The Morgan fingerprint density at radius 3 is 1.96 bits per heavy atom. The van der Waals surface area contributed by atoms with Crippen LogP contribution in [-0.4, -0.2) is 45.5 Å². The third-order valence-electron chi connectivity index (χ3n) is 17.8. The average molecular weight is 659 g/mol. The molecule has 0 aromatic rings. The molecule has 0 radical (unpaired) electrons. The van der Waals surface area contributed by atoms with E-state index in [2.05, 4.69) is 27.7 Å². The van der Waals surface area contributed by atoms with E-state index in [1.54, 1.807) is 13.8 Å². The third kappa shape index (κ3) is 4.00. The van der Waals surface area contributed by atoms with Gasteiger partial charge in [-0.3, -0.25) is 19.2 Å². The van der Waals surface area contributed by atoms with Gasteiger partial charge in [0.1, 0.15) is 11.2 Å². The van der Waals surface area contributed by atoms with Crippen LogP contribution < -0.4 is 0 Å².